The number of rotatable bonds is 3. The van der Waals surface area contributed by atoms with Gasteiger partial charge in [0.15, 0.2) is 0 Å². The molecule has 1 aromatic heterocycles. The first-order valence-electron chi connectivity index (χ1n) is 7.46. The third-order valence-electron chi connectivity index (χ3n) is 4.99. The number of aromatic nitrogens is 1. The zero-order valence-corrected chi connectivity index (χ0v) is 12.0. The summed E-state index contributed by atoms with van der Waals surface area (Å²) in [7, 11) is 2.07. The molecule has 2 heterocycles. The van der Waals surface area contributed by atoms with E-state index in [0.29, 0.717) is 12.0 Å². The van der Waals surface area contributed by atoms with Crippen LogP contribution in [0.1, 0.15) is 49.3 Å². The number of nitrogens with zero attached hydrogens (tertiary/aromatic N) is 1. The second kappa shape index (κ2) is 5.22. The van der Waals surface area contributed by atoms with Gasteiger partial charge in [-0.3, -0.25) is 4.98 Å². The van der Waals surface area contributed by atoms with Crippen LogP contribution in [0.15, 0.2) is 18.5 Å². The Hall–Kier alpha value is -0.930. The Labute approximate surface area is 115 Å². The third-order valence-corrected chi connectivity index (χ3v) is 4.99. The van der Waals surface area contributed by atoms with Crippen LogP contribution in [-0.2, 0) is 4.74 Å². The molecule has 1 aliphatic carbocycles. The number of pyridine rings is 1. The summed E-state index contributed by atoms with van der Waals surface area (Å²) >= 11 is 0. The Balaban J connectivity index is 1.80. The molecule has 3 heteroatoms. The predicted octanol–water partition coefficient (Wildman–Crippen LogP) is 3.00. The highest BCUT2D eigenvalue weighted by atomic mass is 16.5. The molecule has 2 aliphatic rings. The smallest absolute Gasteiger partial charge is 0.0686 e. The maximum Gasteiger partial charge on any atom is 0.0686 e. The van der Waals surface area contributed by atoms with E-state index in [1.807, 2.05) is 12.4 Å². The lowest BCUT2D eigenvalue weighted by molar-refractivity contribution is -0.147. The van der Waals surface area contributed by atoms with Crippen LogP contribution in [0.2, 0.25) is 0 Å². The maximum atomic E-state index is 6.05. The van der Waals surface area contributed by atoms with Gasteiger partial charge in [-0.25, -0.2) is 0 Å². The van der Waals surface area contributed by atoms with Crippen LogP contribution >= 0.6 is 0 Å². The summed E-state index contributed by atoms with van der Waals surface area (Å²) in [6, 6.07) is 2.52. The Morgan fingerprint density at radius 1 is 1.47 bits per heavy atom. The van der Waals surface area contributed by atoms with Gasteiger partial charge in [-0.05, 0) is 69.2 Å². The first-order chi connectivity index (χ1) is 9.24. The molecule has 3 rings (SSSR count). The summed E-state index contributed by atoms with van der Waals surface area (Å²) in [6.07, 6.45) is 10.1. The topological polar surface area (TPSA) is 34.2 Å². The van der Waals surface area contributed by atoms with Crippen LogP contribution in [0.25, 0.3) is 0 Å². The van der Waals surface area contributed by atoms with Gasteiger partial charge in [-0.2, -0.15) is 0 Å². The van der Waals surface area contributed by atoms with Crippen LogP contribution < -0.4 is 5.32 Å². The van der Waals surface area contributed by atoms with E-state index in [0.717, 1.165) is 13.0 Å². The fourth-order valence-corrected chi connectivity index (χ4v) is 3.72. The summed E-state index contributed by atoms with van der Waals surface area (Å²) in [6.45, 7) is 3.10. The van der Waals surface area contributed by atoms with Crippen LogP contribution in [0.3, 0.4) is 0 Å². The lowest BCUT2D eigenvalue weighted by Crippen LogP contribution is -2.47. The quantitative estimate of drug-likeness (QED) is 0.907. The highest BCUT2D eigenvalue weighted by Gasteiger charge is 2.44. The molecule has 2 unspecified atom stereocenters. The lowest BCUT2D eigenvalue weighted by atomic mass is 9.69. The second-order valence-corrected chi connectivity index (χ2v) is 6.14. The van der Waals surface area contributed by atoms with E-state index >= 15 is 0 Å². The summed E-state index contributed by atoms with van der Waals surface area (Å²) in [5.74, 6) is 0.668. The number of ether oxygens (including phenoxy) is 1. The van der Waals surface area contributed by atoms with Crippen molar-refractivity contribution in [2.45, 2.75) is 50.7 Å². The van der Waals surface area contributed by atoms with Gasteiger partial charge in [-0.15, -0.1) is 0 Å². The molecule has 2 fully saturated rings. The van der Waals surface area contributed by atoms with Gasteiger partial charge >= 0.3 is 0 Å². The molecule has 3 nitrogen and oxygen atoms in total. The highest BCUT2D eigenvalue weighted by Crippen LogP contribution is 2.47. The van der Waals surface area contributed by atoms with E-state index in [9.17, 15) is 0 Å². The fraction of sp³-hybridized carbons (Fsp3) is 0.688. The average molecular weight is 260 g/mol. The largest absolute Gasteiger partial charge is 0.375 e. The van der Waals surface area contributed by atoms with E-state index in [1.165, 1.54) is 36.8 Å². The first-order valence-corrected chi connectivity index (χ1v) is 7.46. The highest BCUT2D eigenvalue weighted by molar-refractivity contribution is 5.26. The van der Waals surface area contributed by atoms with E-state index in [-0.39, 0.29) is 5.60 Å². The van der Waals surface area contributed by atoms with E-state index < -0.39 is 0 Å². The summed E-state index contributed by atoms with van der Waals surface area (Å²) < 4.78 is 6.05. The SMILES string of the molecule is CNC(c1cnccc1C)C1CCOC2(CCC2)C1. The van der Waals surface area contributed by atoms with E-state index in [1.54, 1.807) is 0 Å². The molecule has 1 aliphatic heterocycles. The van der Waals surface area contributed by atoms with Crippen molar-refractivity contribution in [3.05, 3.63) is 29.6 Å². The normalized spacial score (nSPS) is 26.9. The van der Waals surface area contributed by atoms with Gasteiger partial charge < -0.3 is 10.1 Å². The molecule has 1 aromatic rings. The minimum Gasteiger partial charge on any atom is -0.375 e. The zero-order valence-electron chi connectivity index (χ0n) is 12.0. The average Bonchev–Trinajstić information content (AvgIpc) is 2.40. The van der Waals surface area contributed by atoms with E-state index in [2.05, 4.69) is 30.3 Å². The first kappa shape index (κ1) is 13.1. The number of hydrogen-bond acceptors (Lipinski definition) is 3. The van der Waals surface area contributed by atoms with Crippen molar-refractivity contribution in [1.82, 2.24) is 10.3 Å². The molecule has 0 aromatic carbocycles. The minimum absolute atomic E-state index is 0.216. The van der Waals surface area contributed by atoms with Gasteiger partial charge in [-0.1, -0.05) is 0 Å². The van der Waals surface area contributed by atoms with Gasteiger partial charge in [0.25, 0.3) is 0 Å². The van der Waals surface area contributed by atoms with Gasteiger partial charge in [0.05, 0.1) is 5.60 Å². The lowest BCUT2D eigenvalue weighted by Gasteiger charge is -2.49. The monoisotopic (exact) mass is 260 g/mol. The van der Waals surface area contributed by atoms with Crippen LogP contribution in [0.4, 0.5) is 0 Å². The van der Waals surface area contributed by atoms with Crippen LogP contribution in [0, 0.1) is 12.8 Å². The van der Waals surface area contributed by atoms with Crippen molar-refractivity contribution in [2.75, 3.05) is 13.7 Å². The molecular weight excluding hydrogens is 236 g/mol. The molecule has 1 N–H and O–H groups in total. The Morgan fingerprint density at radius 2 is 2.32 bits per heavy atom. The maximum absolute atomic E-state index is 6.05. The number of nitrogens with one attached hydrogen (secondary N) is 1. The van der Waals surface area contributed by atoms with Crippen LogP contribution in [-0.4, -0.2) is 24.2 Å². The van der Waals surface area contributed by atoms with Crippen molar-refractivity contribution in [2.24, 2.45) is 5.92 Å². The van der Waals surface area contributed by atoms with Crippen molar-refractivity contribution in [3.8, 4) is 0 Å². The molecule has 0 amide bonds. The molecule has 0 bridgehead atoms. The molecule has 0 radical (unpaired) electrons. The Morgan fingerprint density at radius 3 is 2.95 bits per heavy atom. The molecule has 104 valence electrons. The summed E-state index contributed by atoms with van der Waals surface area (Å²) in [4.78, 5) is 4.31. The predicted molar refractivity (Wildman–Crippen MR) is 76.0 cm³/mol. The minimum atomic E-state index is 0.216. The Bertz CT molecular complexity index is 442. The van der Waals surface area contributed by atoms with Crippen LogP contribution in [0.5, 0.6) is 0 Å². The van der Waals surface area contributed by atoms with Gasteiger partial charge in [0.1, 0.15) is 0 Å². The molecule has 19 heavy (non-hydrogen) atoms. The van der Waals surface area contributed by atoms with E-state index in [4.69, 9.17) is 4.74 Å². The molecular formula is C16H24N2O. The third kappa shape index (κ3) is 2.41. The molecule has 1 saturated heterocycles. The number of aryl methyl sites for hydroxylation is 1. The number of hydrogen-bond donors (Lipinski definition) is 1. The van der Waals surface area contributed by atoms with Crippen molar-refractivity contribution in [1.29, 1.82) is 0 Å². The molecule has 1 saturated carbocycles. The summed E-state index contributed by atoms with van der Waals surface area (Å²) in [5, 5.41) is 3.52. The zero-order chi connectivity index (χ0) is 13.3. The van der Waals surface area contributed by atoms with Gasteiger partial charge in [0.2, 0.25) is 0 Å². The van der Waals surface area contributed by atoms with Crippen molar-refractivity contribution < 1.29 is 4.74 Å². The molecule has 1 spiro atoms. The van der Waals surface area contributed by atoms with Crippen molar-refractivity contribution >= 4 is 0 Å². The fourth-order valence-electron chi connectivity index (χ4n) is 3.72. The molecule has 2 atom stereocenters. The summed E-state index contributed by atoms with van der Waals surface area (Å²) in [5.41, 5.74) is 2.91. The Kier molecular flexibility index (Phi) is 3.59. The van der Waals surface area contributed by atoms with Gasteiger partial charge in [0, 0.05) is 25.0 Å². The van der Waals surface area contributed by atoms with Crippen molar-refractivity contribution in [3.63, 3.8) is 0 Å². The second-order valence-electron chi connectivity index (χ2n) is 6.14. The standard InChI is InChI=1S/C16H24N2O/c1-12-4-8-18-11-14(12)15(17-2)13-5-9-19-16(10-13)6-3-7-16/h4,8,11,13,15,17H,3,5-7,9-10H2,1-2H3.